The third-order valence-corrected chi connectivity index (χ3v) is 4.07. The van der Waals surface area contributed by atoms with E-state index in [0.717, 1.165) is 4.47 Å². The lowest BCUT2D eigenvalue weighted by molar-refractivity contribution is -0.133. The number of nitrogens with one attached hydrogen (secondary N) is 2. The van der Waals surface area contributed by atoms with Gasteiger partial charge in [-0.05, 0) is 37.6 Å². The maximum absolute atomic E-state index is 12.4. The van der Waals surface area contributed by atoms with E-state index in [1.807, 2.05) is 6.92 Å². The highest BCUT2D eigenvalue weighted by Crippen LogP contribution is 2.14. The molecular formula is C18H23BrN2O5. The molecule has 0 unspecified atom stereocenters. The van der Waals surface area contributed by atoms with Gasteiger partial charge >= 0.3 is 0 Å². The highest BCUT2D eigenvalue weighted by Gasteiger charge is 2.24. The Morgan fingerprint density at radius 2 is 2.00 bits per heavy atom. The van der Waals surface area contributed by atoms with E-state index in [9.17, 15) is 9.59 Å². The van der Waals surface area contributed by atoms with Crippen molar-refractivity contribution in [1.82, 2.24) is 10.8 Å². The van der Waals surface area contributed by atoms with Gasteiger partial charge in [0.2, 0.25) is 5.91 Å². The van der Waals surface area contributed by atoms with Crippen LogP contribution in [0.25, 0.3) is 0 Å². The minimum Gasteiger partial charge on any atom is -0.356 e. The van der Waals surface area contributed by atoms with Crippen LogP contribution in [-0.2, 0) is 14.3 Å². The molecular weight excluding hydrogens is 404 g/mol. The Morgan fingerprint density at radius 1 is 1.31 bits per heavy atom. The molecule has 0 fully saturated rings. The number of hydrogen-bond acceptors (Lipinski definition) is 5. The van der Waals surface area contributed by atoms with Crippen LogP contribution in [0.3, 0.4) is 0 Å². The summed E-state index contributed by atoms with van der Waals surface area (Å²) in [6.07, 6.45) is 5.63. The molecule has 3 N–H and O–H groups in total. The fourth-order valence-corrected chi connectivity index (χ4v) is 2.50. The van der Waals surface area contributed by atoms with Crippen LogP contribution >= 0.6 is 15.9 Å². The largest absolute Gasteiger partial charge is 0.356 e. The second-order valence-electron chi connectivity index (χ2n) is 5.48. The molecule has 7 nitrogen and oxygen atoms in total. The van der Waals surface area contributed by atoms with Crippen molar-refractivity contribution < 1.29 is 24.3 Å². The standard InChI is InChI=1S/C18H23BrN2O5/c1-3-5-14(18(23)21-24)10-16(11-26-12-25-4-2)20-17(22)13-6-8-15(19)9-7-13/h1,6-9,14,16,24H,4-5,10-12H2,2H3,(H,20,22)(H,21,23)/t14-,16-/m0/s1. The molecule has 0 bridgehead atoms. The quantitative estimate of drug-likeness (QED) is 0.165. The number of carbonyl (C=O) groups is 2. The summed E-state index contributed by atoms with van der Waals surface area (Å²) in [6.45, 7) is 2.56. The molecule has 26 heavy (non-hydrogen) atoms. The summed E-state index contributed by atoms with van der Waals surface area (Å²) in [5.41, 5.74) is 2.08. The first-order valence-corrected chi connectivity index (χ1v) is 8.90. The topological polar surface area (TPSA) is 96.9 Å². The van der Waals surface area contributed by atoms with Gasteiger partial charge in [0.05, 0.1) is 18.6 Å². The van der Waals surface area contributed by atoms with Crippen molar-refractivity contribution in [2.45, 2.75) is 25.8 Å². The lowest BCUT2D eigenvalue weighted by Crippen LogP contribution is -2.42. The molecule has 0 aliphatic carbocycles. The molecule has 8 heteroatoms. The predicted molar refractivity (Wildman–Crippen MR) is 99.3 cm³/mol. The van der Waals surface area contributed by atoms with Crippen molar-refractivity contribution in [2.24, 2.45) is 5.92 Å². The lowest BCUT2D eigenvalue weighted by Gasteiger charge is -2.22. The summed E-state index contributed by atoms with van der Waals surface area (Å²) in [4.78, 5) is 24.2. The van der Waals surface area contributed by atoms with Gasteiger partial charge < -0.3 is 14.8 Å². The van der Waals surface area contributed by atoms with Gasteiger partial charge in [0, 0.05) is 23.1 Å². The number of carbonyl (C=O) groups excluding carboxylic acids is 2. The third kappa shape index (κ3) is 7.97. The molecule has 0 saturated carbocycles. The highest BCUT2D eigenvalue weighted by molar-refractivity contribution is 9.10. The number of ether oxygens (including phenoxy) is 2. The van der Waals surface area contributed by atoms with Gasteiger partial charge in [0.25, 0.3) is 5.91 Å². The van der Waals surface area contributed by atoms with E-state index in [4.69, 9.17) is 21.1 Å². The molecule has 0 aliphatic rings. The number of halogens is 1. The molecule has 1 rings (SSSR count). The monoisotopic (exact) mass is 426 g/mol. The summed E-state index contributed by atoms with van der Waals surface area (Å²) < 4.78 is 11.4. The summed E-state index contributed by atoms with van der Waals surface area (Å²) in [5.74, 6) is 0.843. The Labute approximate surface area is 161 Å². The number of benzene rings is 1. The minimum absolute atomic E-state index is 0.0765. The smallest absolute Gasteiger partial charge is 0.251 e. The minimum atomic E-state index is -0.657. The first-order chi connectivity index (χ1) is 12.5. The van der Waals surface area contributed by atoms with Crippen molar-refractivity contribution in [1.29, 1.82) is 0 Å². The summed E-state index contributed by atoms with van der Waals surface area (Å²) >= 11 is 3.32. The molecule has 0 aliphatic heterocycles. The van der Waals surface area contributed by atoms with Gasteiger partial charge in [-0.15, -0.1) is 12.3 Å². The second kappa shape index (κ2) is 12.4. The Bertz CT molecular complexity index is 615. The Kier molecular flexibility index (Phi) is 10.6. The number of hydrogen-bond donors (Lipinski definition) is 3. The van der Waals surface area contributed by atoms with Gasteiger partial charge in [-0.25, -0.2) is 5.48 Å². The van der Waals surface area contributed by atoms with E-state index in [-0.39, 0.29) is 32.1 Å². The van der Waals surface area contributed by atoms with Crippen LogP contribution in [0, 0.1) is 18.3 Å². The van der Waals surface area contributed by atoms with Gasteiger partial charge in [-0.3, -0.25) is 14.8 Å². The van der Waals surface area contributed by atoms with E-state index in [2.05, 4.69) is 27.2 Å². The van der Waals surface area contributed by atoms with Crippen LogP contribution < -0.4 is 10.8 Å². The molecule has 1 aromatic carbocycles. The van der Waals surface area contributed by atoms with Crippen molar-refractivity contribution in [3.63, 3.8) is 0 Å². The Morgan fingerprint density at radius 3 is 2.58 bits per heavy atom. The average molecular weight is 427 g/mol. The zero-order chi connectivity index (χ0) is 19.4. The van der Waals surface area contributed by atoms with Crippen molar-refractivity contribution in [3.8, 4) is 12.3 Å². The first-order valence-electron chi connectivity index (χ1n) is 8.11. The Hall–Kier alpha value is -1.92. The summed E-state index contributed by atoms with van der Waals surface area (Å²) in [6, 6.07) is 6.39. The molecule has 0 aromatic heterocycles. The Balaban J connectivity index is 2.78. The fourth-order valence-electron chi connectivity index (χ4n) is 2.23. The van der Waals surface area contributed by atoms with Gasteiger partial charge in [0.15, 0.2) is 0 Å². The van der Waals surface area contributed by atoms with E-state index < -0.39 is 17.9 Å². The maximum atomic E-state index is 12.4. The second-order valence-corrected chi connectivity index (χ2v) is 6.39. The average Bonchev–Trinajstić information content (AvgIpc) is 2.64. The number of rotatable bonds is 11. The number of hydroxylamine groups is 1. The van der Waals surface area contributed by atoms with Crippen molar-refractivity contribution in [2.75, 3.05) is 20.0 Å². The van der Waals surface area contributed by atoms with E-state index in [0.29, 0.717) is 12.2 Å². The maximum Gasteiger partial charge on any atom is 0.251 e. The van der Waals surface area contributed by atoms with Crippen LogP contribution in [-0.4, -0.2) is 43.1 Å². The van der Waals surface area contributed by atoms with Gasteiger partial charge in [-0.1, -0.05) is 15.9 Å². The third-order valence-electron chi connectivity index (χ3n) is 3.55. The normalized spacial score (nSPS) is 12.7. The molecule has 2 atom stereocenters. The van der Waals surface area contributed by atoms with Crippen LogP contribution in [0.4, 0.5) is 0 Å². The number of amides is 2. The molecule has 0 heterocycles. The van der Waals surface area contributed by atoms with E-state index in [1.54, 1.807) is 29.7 Å². The predicted octanol–water partition coefficient (Wildman–Crippen LogP) is 2.09. The van der Waals surface area contributed by atoms with Crippen molar-refractivity contribution in [3.05, 3.63) is 34.3 Å². The summed E-state index contributed by atoms with van der Waals surface area (Å²) in [5, 5.41) is 11.7. The lowest BCUT2D eigenvalue weighted by atomic mass is 9.96. The molecule has 0 radical (unpaired) electrons. The van der Waals surface area contributed by atoms with Crippen LogP contribution in [0.15, 0.2) is 28.7 Å². The zero-order valence-electron chi connectivity index (χ0n) is 14.5. The SMILES string of the molecule is C#CC[C@@H](C[C@@H](COCOCC)NC(=O)c1ccc(Br)cc1)C(=O)NO. The molecule has 0 spiro atoms. The van der Waals surface area contributed by atoms with Crippen LogP contribution in [0.2, 0.25) is 0 Å². The molecule has 142 valence electrons. The van der Waals surface area contributed by atoms with Crippen LogP contribution in [0.5, 0.6) is 0 Å². The van der Waals surface area contributed by atoms with E-state index in [1.165, 1.54) is 0 Å². The van der Waals surface area contributed by atoms with Gasteiger partial charge in [0.1, 0.15) is 6.79 Å². The highest BCUT2D eigenvalue weighted by atomic mass is 79.9. The zero-order valence-corrected chi connectivity index (χ0v) is 16.1. The van der Waals surface area contributed by atoms with E-state index >= 15 is 0 Å². The van der Waals surface area contributed by atoms with Crippen molar-refractivity contribution >= 4 is 27.7 Å². The fraction of sp³-hybridized carbons (Fsp3) is 0.444. The number of terminal acetylenes is 1. The van der Waals surface area contributed by atoms with Gasteiger partial charge in [-0.2, -0.15) is 0 Å². The molecule has 2 amide bonds. The molecule has 0 saturated heterocycles. The summed E-state index contributed by atoms with van der Waals surface area (Å²) in [7, 11) is 0. The van der Waals surface area contributed by atoms with Crippen LogP contribution in [0.1, 0.15) is 30.1 Å². The first kappa shape index (κ1) is 22.1. The molecule has 1 aromatic rings.